The minimum atomic E-state index is -4.76. The molecule has 0 spiro atoms. The summed E-state index contributed by atoms with van der Waals surface area (Å²) in [5.41, 5.74) is -0.320. The molecule has 1 saturated carbocycles. The van der Waals surface area contributed by atoms with E-state index in [1.165, 1.54) is 12.1 Å². The Morgan fingerprint density at radius 1 is 0.902 bits per heavy atom. The monoisotopic (exact) mass is 601 g/mol. The van der Waals surface area contributed by atoms with Crippen LogP contribution < -0.4 is 14.4 Å². The van der Waals surface area contributed by atoms with Crippen molar-refractivity contribution in [3.8, 4) is 16.9 Å². The first-order chi connectivity index (χ1) is 19.4. The average Bonchev–Trinajstić information content (AvgIpc) is 3.72. The summed E-state index contributed by atoms with van der Waals surface area (Å²) in [7, 11) is -4.52. The molecular weight excluding hydrogens is 576 g/mol. The zero-order chi connectivity index (χ0) is 29.4. The van der Waals surface area contributed by atoms with E-state index in [4.69, 9.17) is 4.84 Å². The first-order valence-electron chi connectivity index (χ1n) is 12.6. The van der Waals surface area contributed by atoms with Gasteiger partial charge in [0.05, 0.1) is 27.9 Å². The molecule has 3 aromatic rings. The van der Waals surface area contributed by atoms with Gasteiger partial charge in [-0.1, -0.05) is 12.1 Å². The number of hydroxylamine groups is 2. The minimum absolute atomic E-state index is 0.0112. The van der Waals surface area contributed by atoms with Crippen LogP contribution in [0.5, 0.6) is 5.75 Å². The van der Waals surface area contributed by atoms with E-state index in [1.54, 1.807) is 12.1 Å². The van der Waals surface area contributed by atoms with Crippen LogP contribution in [-0.2, 0) is 21.0 Å². The molecule has 0 amide bonds. The SMILES string of the molecule is O=S(=O)(Nc1cc(-c2cc(F)cc(OC(F)F)c2)ccc1N1CCN(OC2CC2)CC1)c1cccc(C(F)(F)F)c1. The normalized spacial score (nSPS) is 16.7. The van der Waals surface area contributed by atoms with Crippen molar-refractivity contribution in [2.45, 2.75) is 36.6 Å². The van der Waals surface area contributed by atoms with Crippen LogP contribution in [0.25, 0.3) is 11.1 Å². The zero-order valence-electron chi connectivity index (χ0n) is 21.4. The number of halogens is 6. The predicted octanol–water partition coefficient (Wildman–Crippen LogP) is 6.13. The van der Waals surface area contributed by atoms with Gasteiger partial charge in [0.2, 0.25) is 0 Å². The smallest absolute Gasteiger partial charge is 0.416 e. The summed E-state index contributed by atoms with van der Waals surface area (Å²) in [4.78, 5) is 7.10. The van der Waals surface area contributed by atoms with Gasteiger partial charge < -0.3 is 9.64 Å². The van der Waals surface area contributed by atoms with Crippen molar-refractivity contribution in [1.29, 1.82) is 0 Å². The number of ether oxygens (including phenoxy) is 1. The van der Waals surface area contributed by atoms with Crippen molar-refractivity contribution in [2.24, 2.45) is 0 Å². The molecule has 0 radical (unpaired) electrons. The molecule has 0 bridgehead atoms. The van der Waals surface area contributed by atoms with Crippen LogP contribution in [0.1, 0.15) is 18.4 Å². The fourth-order valence-electron chi connectivity index (χ4n) is 4.44. The number of nitrogens with zero attached hydrogens (tertiary/aromatic N) is 2. The lowest BCUT2D eigenvalue weighted by Crippen LogP contribution is -2.46. The highest BCUT2D eigenvalue weighted by molar-refractivity contribution is 7.92. The average molecular weight is 602 g/mol. The fraction of sp³-hybridized carbons (Fsp3) is 0.333. The lowest BCUT2D eigenvalue weighted by Gasteiger charge is -2.36. The number of anilines is 2. The van der Waals surface area contributed by atoms with Crippen LogP contribution in [-0.4, -0.2) is 52.4 Å². The lowest BCUT2D eigenvalue weighted by atomic mass is 10.0. The van der Waals surface area contributed by atoms with Crippen LogP contribution in [0.4, 0.5) is 37.7 Å². The second-order valence-corrected chi connectivity index (χ2v) is 11.3. The molecule has 1 aliphatic heterocycles. The number of hydrogen-bond acceptors (Lipinski definition) is 6. The third-order valence-electron chi connectivity index (χ3n) is 6.54. The second kappa shape index (κ2) is 11.4. The van der Waals surface area contributed by atoms with Gasteiger partial charge in [-0.25, -0.2) is 12.8 Å². The third kappa shape index (κ3) is 7.24. The maximum atomic E-state index is 14.2. The number of nitrogens with one attached hydrogen (secondary N) is 1. The molecule has 5 rings (SSSR count). The van der Waals surface area contributed by atoms with Crippen LogP contribution in [0.15, 0.2) is 65.6 Å². The van der Waals surface area contributed by atoms with E-state index in [9.17, 15) is 34.8 Å². The Morgan fingerprint density at radius 2 is 1.63 bits per heavy atom. The third-order valence-corrected chi connectivity index (χ3v) is 7.91. The number of sulfonamides is 1. The van der Waals surface area contributed by atoms with Crippen molar-refractivity contribution in [3.05, 3.63) is 72.0 Å². The molecule has 1 saturated heterocycles. The van der Waals surface area contributed by atoms with E-state index >= 15 is 0 Å². The van der Waals surface area contributed by atoms with Crippen LogP contribution >= 0.6 is 0 Å². The van der Waals surface area contributed by atoms with E-state index in [0.717, 1.165) is 43.2 Å². The van der Waals surface area contributed by atoms with E-state index in [2.05, 4.69) is 9.46 Å². The molecule has 41 heavy (non-hydrogen) atoms. The number of rotatable bonds is 9. The van der Waals surface area contributed by atoms with Crippen LogP contribution in [0.3, 0.4) is 0 Å². The number of piperazine rings is 1. The highest BCUT2D eigenvalue weighted by Crippen LogP contribution is 2.37. The molecule has 220 valence electrons. The Labute approximate surface area is 232 Å². The lowest BCUT2D eigenvalue weighted by molar-refractivity contribution is -0.171. The van der Waals surface area contributed by atoms with Gasteiger partial charge in [0.15, 0.2) is 0 Å². The number of alkyl halides is 5. The quantitative estimate of drug-likeness (QED) is 0.298. The van der Waals surface area contributed by atoms with Gasteiger partial charge in [0.1, 0.15) is 11.6 Å². The van der Waals surface area contributed by atoms with E-state index in [-0.39, 0.29) is 22.9 Å². The Kier molecular flexibility index (Phi) is 8.08. The molecule has 7 nitrogen and oxygen atoms in total. The molecule has 1 aliphatic carbocycles. The van der Waals surface area contributed by atoms with Gasteiger partial charge in [0.25, 0.3) is 10.0 Å². The molecule has 3 aromatic carbocycles. The summed E-state index contributed by atoms with van der Waals surface area (Å²) in [6, 6.07) is 10.8. The first kappa shape index (κ1) is 29.0. The van der Waals surface area contributed by atoms with Gasteiger partial charge in [-0.3, -0.25) is 9.56 Å². The molecule has 1 heterocycles. The van der Waals surface area contributed by atoms with Crippen LogP contribution in [0.2, 0.25) is 0 Å². The largest absolute Gasteiger partial charge is 0.435 e. The second-order valence-electron chi connectivity index (χ2n) is 9.64. The maximum absolute atomic E-state index is 14.2. The van der Waals surface area contributed by atoms with Crippen LogP contribution in [0, 0.1) is 5.82 Å². The van der Waals surface area contributed by atoms with Crippen molar-refractivity contribution in [2.75, 3.05) is 35.8 Å². The Hall–Kier alpha value is -3.49. The highest BCUT2D eigenvalue weighted by Gasteiger charge is 2.32. The number of benzene rings is 3. The molecule has 0 unspecified atom stereocenters. The first-order valence-corrected chi connectivity index (χ1v) is 14.1. The molecule has 1 N–H and O–H groups in total. The number of hydrogen-bond donors (Lipinski definition) is 1. The zero-order valence-corrected chi connectivity index (χ0v) is 22.2. The minimum Gasteiger partial charge on any atom is -0.435 e. The molecule has 2 aliphatic rings. The van der Waals surface area contributed by atoms with Gasteiger partial charge in [0, 0.05) is 32.2 Å². The maximum Gasteiger partial charge on any atom is 0.416 e. The van der Waals surface area contributed by atoms with Gasteiger partial charge in [-0.15, -0.1) is 0 Å². The molecule has 0 aromatic heterocycles. The summed E-state index contributed by atoms with van der Waals surface area (Å²) in [5, 5.41) is 1.84. The Balaban J connectivity index is 1.50. The summed E-state index contributed by atoms with van der Waals surface area (Å²) in [6.45, 7) is -1.23. The summed E-state index contributed by atoms with van der Waals surface area (Å²) in [5.74, 6) is -1.29. The topological polar surface area (TPSA) is 71.1 Å². The Bertz CT molecular complexity index is 1510. The molecule has 2 fully saturated rings. The molecular formula is C27H25F6N3O4S. The summed E-state index contributed by atoms with van der Waals surface area (Å²) >= 11 is 0. The van der Waals surface area contributed by atoms with Crippen molar-refractivity contribution in [1.82, 2.24) is 5.06 Å². The van der Waals surface area contributed by atoms with Crippen molar-refractivity contribution >= 4 is 21.4 Å². The van der Waals surface area contributed by atoms with Crippen molar-refractivity contribution < 1.29 is 44.3 Å². The van der Waals surface area contributed by atoms with Gasteiger partial charge >= 0.3 is 12.8 Å². The molecule has 0 atom stereocenters. The van der Waals surface area contributed by atoms with E-state index in [0.29, 0.717) is 37.9 Å². The standard InChI is InChI=1S/C27H25F6N3O4S/c28-20-12-18(13-22(16-20)39-26(29)30)17-4-7-25(35-8-10-36(11-9-35)40-21-5-6-21)24(14-17)34-41(37,38)23-3-1-2-19(15-23)27(31,32)33/h1-4,7,12-16,21,26,34H,5-6,8-11H2. The van der Waals surface area contributed by atoms with Gasteiger partial charge in [-0.05, 0) is 66.4 Å². The van der Waals surface area contributed by atoms with Gasteiger partial charge in [-0.2, -0.15) is 27.0 Å². The highest BCUT2D eigenvalue weighted by atomic mass is 32.2. The fourth-order valence-corrected chi connectivity index (χ4v) is 5.55. The van der Waals surface area contributed by atoms with E-state index < -0.39 is 44.8 Å². The van der Waals surface area contributed by atoms with E-state index in [1.807, 2.05) is 9.96 Å². The summed E-state index contributed by atoms with van der Waals surface area (Å²) < 4.78 is 113. The summed E-state index contributed by atoms with van der Waals surface area (Å²) in [6.07, 6.45) is -2.56. The molecule has 14 heteroatoms. The predicted molar refractivity (Wildman–Crippen MR) is 139 cm³/mol. The van der Waals surface area contributed by atoms with Crippen molar-refractivity contribution in [3.63, 3.8) is 0 Å². The Morgan fingerprint density at radius 3 is 2.29 bits per heavy atom.